The summed E-state index contributed by atoms with van der Waals surface area (Å²) < 4.78 is 41.9. The number of ether oxygens (including phenoxy) is 1. The van der Waals surface area contributed by atoms with Gasteiger partial charge in [-0.3, -0.25) is 0 Å². The number of hydrogen-bond acceptors (Lipinski definition) is 2. The minimum atomic E-state index is -4.15. The van der Waals surface area contributed by atoms with Crippen molar-refractivity contribution in [3.05, 3.63) is 0 Å². The van der Waals surface area contributed by atoms with E-state index in [0.29, 0.717) is 5.92 Å². The molecule has 2 nitrogen and oxygen atoms in total. The monoisotopic (exact) mass is 281 g/mol. The fourth-order valence-electron chi connectivity index (χ4n) is 3.16. The molecule has 0 saturated heterocycles. The molecule has 0 bridgehead atoms. The molecule has 1 rings (SSSR count). The Hall–Kier alpha value is -0.290. The second kappa shape index (κ2) is 6.44. The highest BCUT2D eigenvalue weighted by Gasteiger charge is 2.33. The zero-order chi connectivity index (χ0) is 14.7. The molecule has 0 aromatic heterocycles. The van der Waals surface area contributed by atoms with E-state index in [1.54, 1.807) is 0 Å². The average molecular weight is 281 g/mol. The second-order valence-corrected chi connectivity index (χ2v) is 6.73. The zero-order valence-corrected chi connectivity index (χ0v) is 12.3. The van der Waals surface area contributed by atoms with Gasteiger partial charge in [-0.1, -0.05) is 20.8 Å². The predicted octanol–water partition coefficient (Wildman–Crippen LogP) is 3.76. The van der Waals surface area contributed by atoms with Crippen molar-refractivity contribution in [2.75, 3.05) is 13.1 Å². The molecule has 19 heavy (non-hydrogen) atoms. The van der Waals surface area contributed by atoms with Gasteiger partial charge in [0.2, 0.25) is 0 Å². The van der Waals surface area contributed by atoms with Gasteiger partial charge in [-0.05, 0) is 37.5 Å². The minimum Gasteiger partial charge on any atom is -0.374 e. The number of halogens is 3. The summed E-state index contributed by atoms with van der Waals surface area (Å²) >= 11 is 0. The topological polar surface area (TPSA) is 21.3 Å². The summed E-state index contributed by atoms with van der Waals surface area (Å²) in [5.74, 6) is 0.615. The maximum atomic E-state index is 12.0. The normalized spacial score (nSPS) is 29.2. The van der Waals surface area contributed by atoms with Crippen LogP contribution in [-0.2, 0) is 4.74 Å². The van der Waals surface area contributed by atoms with Crippen molar-refractivity contribution >= 4 is 0 Å². The number of nitrogens with one attached hydrogen (secondary N) is 1. The Labute approximate surface area is 114 Å². The quantitative estimate of drug-likeness (QED) is 0.828. The Kier molecular flexibility index (Phi) is 5.68. The maximum Gasteiger partial charge on any atom is 0.401 e. The van der Waals surface area contributed by atoms with E-state index in [1.807, 2.05) is 6.92 Å². The Bertz CT molecular complexity index is 278. The lowest BCUT2D eigenvalue weighted by atomic mass is 9.71. The van der Waals surface area contributed by atoms with Crippen LogP contribution >= 0.6 is 0 Å². The van der Waals surface area contributed by atoms with Crippen molar-refractivity contribution in [2.24, 2.45) is 11.3 Å². The highest BCUT2D eigenvalue weighted by atomic mass is 19.4. The van der Waals surface area contributed by atoms with Gasteiger partial charge < -0.3 is 10.1 Å². The molecule has 3 unspecified atom stereocenters. The summed E-state index contributed by atoms with van der Waals surface area (Å²) in [4.78, 5) is 0. The van der Waals surface area contributed by atoms with E-state index in [-0.39, 0.29) is 24.2 Å². The highest BCUT2D eigenvalue weighted by Crippen LogP contribution is 2.39. The van der Waals surface area contributed by atoms with Crippen LogP contribution in [0, 0.1) is 11.3 Å². The number of hydrogen-bond donors (Lipinski definition) is 1. The molecule has 0 spiro atoms. The fourth-order valence-corrected chi connectivity index (χ4v) is 3.16. The molecule has 1 aliphatic carbocycles. The van der Waals surface area contributed by atoms with E-state index in [9.17, 15) is 13.2 Å². The molecule has 1 saturated carbocycles. The smallest absolute Gasteiger partial charge is 0.374 e. The lowest BCUT2D eigenvalue weighted by molar-refractivity contribution is -0.127. The lowest BCUT2D eigenvalue weighted by Crippen LogP contribution is -2.39. The fraction of sp³-hybridized carbons (Fsp3) is 1.00. The first-order valence-electron chi connectivity index (χ1n) is 7.00. The van der Waals surface area contributed by atoms with Crippen molar-refractivity contribution in [3.63, 3.8) is 0 Å². The van der Waals surface area contributed by atoms with Crippen molar-refractivity contribution in [1.82, 2.24) is 5.32 Å². The van der Waals surface area contributed by atoms with Gasteiger partial charge in [0.25, 0.3) is 0 Å². The lowest BCUT2D eigenvalue weighted by Gasteiger charge is -2.39. The Morgan fingerprint density at radius 3 is 2.47 bits per heavy atom. The third-order valence-electron chi connectivity index (χ3n) is 3.53. The maximum absolute atomic E-state index is 12.0. The Morgan fingerprint density at radius 2 is 1.95 bits per heavy atom. The van der Waals surface area contributed by atoms with Crippen LogP contribution in [0.2, 0.25) is 0 Å². The molecule has 0 heterocycles. The molecule has 1 N–H and O–H groups in total. The summed E-state index contributed by atoms with van der Waals surface area (Å²) in [5, 5.41) is 2.40. The summed E-state index contributed by atoms with van der Waals surface area (Å²) in [6.07, 6.45) is -0.988. The van der Waals surface area contributed by atoms with E-state index in [0.717, 1.165) is 12.8 Å². The van der Waals surface area contributed by atoms with Crippen molar-refractivity contribution in [1.29, 1.82) is 0 Å². The van der Waals surface area contributed by atoms with Crippen LogP contribution in [0.1, 0.15) is 47.0 Å². The highest BCUT2D eigenvalue weighted by molar-refractivity contribution is 4.84. The molecule has 0 radical (unpaired) electrons. The molecular weight excluding hydrogens is 255 g/mol. The van der Waals surface area contributed by atoms with Crippen molar-refractivity contribution in [3.8, 4) is 0 Å². The van der Waals surface area contributed by atoms with Crippen molar-refractivity contribution < 1.29 is 17.9 Å². The van der Waals surface area contributed by atoms with Gasteiger partial charge in [-0.15, -0.1) is 0 Å². The van der Waals surface area contributed by atoms with Gasteiger partial charge in [-0.2, -0.15) is 13.2 Å². The summed E-state index contributed by atoms with van der Waals surface area (Å²) in [5.41, 5.74) is 0.265. The van der Waals surface area contributed by atoms with Crippen molar-refractivity contribution in [2.45, 2.75) is 65.3 Å². The molecule has 1 aliphatic rings. The first-order chi connectivity index (χ1) is 8.57. The van der Waals surface area contributed by atoms with Gasteiger partial charge in [0.15, 0.2) is 0 Å². The number of alkyl halides is 3. The molecular formula is C14H26F3NO. The van der Waals surface area contributed by atoms with Crippen LogP contribution in [0.4, 0.5) is 13.2 Å². The Balaban J connectivity index is 2.30. The molecule has 0 aromatic rings. The zero-order valence-electron chi connectivity index (χ0n) is 12.3. The van der Waals surface area contributed by atoms with Gasteiger partial charge in [0.05, 0.1) is 18.8 Å². The van der Waals surface area contributed by atoms with E-state index >= 15 is 0 Å². The van der Waals surface area contributed by atoms with Gasteiger partial charge >= 0.3 is 6.18 Å². The largest absolute Gasteiger partial charge is 0.401 e. The van der Waals surface area contributed by atoms with Crippen LogP contribution in [0.25, 0.3) is 0 Å². The molecule has 114 valence electrons. The van der Waals surface area contributed by atoms with Crippen LogP contribution < -0.4 is 5.32 Å². The summed E-state index contributed by atoms with van der Waals surface area (Å²) in [6.45, 7) is 7.79. The molecule has 1 fully saturated rings. The summed E-state index contributed by atoms with van der Waals surface area (Å²) in [7, 11) is 0. The third kappa shape index (κ3) is 7.16. The van der Waals surface area contributed by atoms with Gasteiger partial charge in [-0.25, -0.2) is 0 Å². The first kappa shape index (κ1) is 16.8. The van der Waals surface area contributed by atoms with E-state index in [1.165, 1.54) is 6.42 Å². The van der Waals surface area contributed by atoms with Gasteiger partial charge in [0.1, 0.15) is 0 Å². The van der Waals surface area contributed by atoms with E-state index in [2.05, 4.69) is 26.1 Å². The third-order valence-corrected chi connectivity index (χ3v) is 3.53. The standard InChI is InChI=1S/C14H26F3NO/c1-10-5-12(7-13(3,4)6-10)19-11(2)8-18-9-14(15,16)17/h10-12,18H,5-9H2,1-4H3. The average Bonchev–Trinajstić information content (AvgIpc) is 2.10. The first-order valence-corrected chi connectivity index (χ1v) is 7.00. The predicted molar refractivity (Wildman–Crippen MR) is 70.1 cm³/mol. The number of rotatable bonds is 5. The molecule has 0 aromatic carbocycles. The van der Waals surface area contributed by atoms with Crippen LogP contribution in [0.15, 0.2) is 0 Å². The van der Waals surface area contributed by atoms with Gasteiger partial charge in [0, 0.05) is 6.54 Å². The van der Waals surface area contributed by atoms with Crippen LogP contribution in [0.3, 0.4) is 0 Å². The second-order valence-electron chi connectivity index (χ2n) is 6.73. The molecule has 0 aliphatic heterocycles. The van der Waals surface area contributed by atoms with Crippen LogP contribution in [0.5, 0.6) is 0 Å². The molecule has 5 heteroatoms. The summed E-state index contributed by atoms with van der Waals surface area (Å²) in [6, 6.07) is 0. The molecule has 0 amide bonds. The molecule has 3 atom stereocenters. The SMILES string of the molecule is CC1CC(OC(C)CNCC(F)(F)F)CC(C)(C)C1. The van der Waals surface area contributed by atoms with E-state index < -0.39 is 12.7 Å². The van der Waals surface area contributed by atoms with Crippen LogP contribution in [-0.4, -0.2) is 31.5 Å². The van der Waals surface area contributed by atoms with E-state index in [4.69, 9.17) is 4.74 Å². The Morgan fingerprint density at radius 1 is 1.32 bits per heavy atom. The minimum absolute atomic E-state index is 0.168.